The van der Waals surface area contributed by atoms with E-state index < -0.39 is 23.4 Å². The van der Waals surface area contributed by atoms with E-state index in [0.29, 0.717) is 16.4 Å². The number of ether oxygens (including phenoxy) is 1. The Bertz CT molecular complexity index is 854. The largest absolute Gasteiger partial charge is 0.452 e. The van der Waals surface area contributed by atoms with Crippen LogP contribution in [0, 0.1) is 10.1 Å². The maximum absolute atomic E-state index is 12.3. The zero-order chi connectivity index (χ0) is 19.3. The van der Waals surface area contributed by atoms with Crippen LogP contribution >= 0.6 is 11.6 Å². The number of halogens is 1. The molecule has 2 rings (SSSR count). The van der Waals surface area contributed by atoms with Crippen molar-refractivity contribution in [1.82, 2.24) is 0 Å². The Morgan fingerprint density at radius 3 is 2.58 bits per heavy atom. The van der Waals surface area contributed by atoms with E-state index in [-0.39, 0.29) is 11.3 Å². The molecule has 0 saturated heterocycles. The van der Waals surface area contributed by atoms with Gasteiger partial charge in [0, 0.05) is 36.9 Å². The van der Waals surface area contributed by atoms with Crippen molar-refractivity contribution < 1.29 is 19.2 Å². The molecular formula is C17H16ClN3O5. The summed E-state index contributed by atoms with van der Waals surface area (Å²) in [6, 6.07) is 10.4. The molecule has 0 aliphatic rings. The first-order valence-electron chi connectivity index (χ1n) is 7.46. The molecule has 9 heteroatoms. The first-order valence-corrected chi connectivity index (χ1v) is 7.84. The molecule has 0 aromatic heterocycles. The Morgan fingerprint density at radius 1 is 1.23 bits per heavy atom. The Labute approximate surface area is 154 Å². The van der Waals surface area contributed by atoms with E-state index >= 15 is 0 Å². The lowest BCUT2D eigenvalue weighted by molar-refractivity contribution is -0.384. The van der Waals surface area contributed by atoms with Crippen molar-refractivity contribution in [3.8, 4) is 0 Å². The van der Waals surface area contributed by atoms with Crippen molar-refractivity contribution >= 4 is 40.5 Å². The van der Waals surface area contributed by atoms with Crippen molar-refractivity contribution in [1.29, 1.82) is 0 Å². The highest BCUT2D eigenvalue weighted by Crippen LogP contribution is 2.25. The fraction of sp³-hybridized carbons (Fsp3) is 0.176. The summed E-state index contributed by atoms with van der Waals surface area (Å²) in [5.74, 6) is -1.39. The van der Waals surface area contributed by atoms with Crippen LogP contribution in [-0.4, -0.2) is 37.5 Å². The highest BCUT2D eigenvalue weighted by Gasteiger charge is 2.20. The van der Waals surface area contributed by atoms with Gasteiger partial charge in [0.2, 0.25) is 0 Å². The van der Waals surface area contributed by atoms with E-state index in [1.54, 1.807) is 43.3 Å². The monoisotopic (exact) mass is 377 g/mol. The number of carbonyl (C=O) groups excluding carboxylic acids is 2. The van der Waals surface area contributed by atoms with Gasteiger partial charge < -0.3 is 15.0 Å². The smallest absolute Gasteiger partial charge is 0.341 e. The van der Waals surface area contributed by atoms with Crippen LogP contribution in [0.2, 0.25) is 5.02 Å². The lowest BCUT2D eigenvalue weighted by Gasteiger charge is -2.16. The van der Waals surface area contributed by atoms with Gasteiger partial charge in [-0.3, -0.25) is 14.9 Å². The van der Waals surface area contributed by atoms with E-state index in [0.717, 1.165) is 6.07 Å². The molecule has 0 fully saturated rings. The highest BCUT2D eigenvalue weighted by molar-refractivity contribution is 6.30. The number of nitro groups is 1. The molecular weight excluding hydrogens is 362 g/mol. The van der Waals surface area contributed by atoms with Crippen LogP contribution in [0.5, 0.6) is 0 Å². The van der Waals surface area contributed by atoms with Crippen LogP contribution in [0.1, 0.15) is 10.4 Å². The maximum Gasteiger partial charge on any atom is 0.341 e. The number of rotatable bonds is 6. The van der Waals surface area contributed by atoms with Crippen molar-refractivity contribution in [2.24, 2.45) is 0 Å². The topological polar surface area (TPSA) is 102 Å². The number of amides is 1. The van der Waals surface area contributed by atoms with Crippen LogP contribution < -0.4 is 10.2 Å². The fourth-order valence-electron chi connectivity index (χ4n) is 2.16. The minimum Gasteiger partial charge on any atom is -0.452 e. The molecule has 1 amide bonds. The number of nitrogens with zero attached hydrogens (tertiary/aromatic N) is 2. The molecule has 0 saturated carbocycles. The van der Waals surface area contributed by atoms with Crippen molar-refractivity contribution in [2.75, 3.05) is 30.9 Å². The molecule has 2 aromatic rings. The molecule has 0 radical (unpaired) electrons. The van der Waals surface area contributed by atoms with Gasteiger partial charge >= 0.3 is 5.97 Å². The van der Waals surface area contributed by atoms with Gasteiger partial charge in [-0.05, 0) is 24.3 Å². The molecule has 8 nitrogen and oxygen atoms in total. The number of anilines is 2. The third kappa shape index (κ3) is 4.93. The Kier molecular flexibility index (Phi) is 6.13. The van der Waals surface area contributed by atoms with Gasteiger partial charge in [0.05, 0.1) is 16.2 Å². The second-order valence-electron chi connectivity index (χ2n) is 5.49. The molecule has 2 aromatic carbocycles. The summed E-state index contributed by atoms with van der Waals surface area (Å²) in [5.41, 5.74) is 0.657. The first kappa shape index (κ1) is 19.2. The summed E-state index contributed by atoms with van der Waals surface area (Å²) in [6.07, 6.45) is 0. The number of hydrogen-bond acceptors (Lipinski definition) is 6. The summed E-state index contributed by atoms with van der Waals surface area (Å²) < 4.78 is 4.98. The average molecular weight is 378 g/mol. The molecule has 0 aliphatic carbocycles. The standard InChI is InChI=1S/C17H16ClN3O5/c1-20(2)15-7-6-13(21(24)25)9-14(15)17(23)26-10-16(22)19-12-5-3-4-11(18)8-12/h3-9H,10H2,1-2H3,(H,19,22). The average Bonchev–Trinajstić information content (AvgIpc) is 2.59. The van der Waals surface area contributed by atoms with Crippen molar-refractivity contribution in [2.45, 2.75) is 0 Å². The number of hydrogen-bond donors (Lipinski definition) is 1. The number of non-ortho nitro benzene ring substituents is 1. The van der Waals surface area contributed by atoms with Gasteiger partial charge in [0.25, 0.3) is 11.6 Å². The number of nitrogens with one attached hydrogen (secondary N) is 1. The number of carbonyl (C=O) groups is 2. The van der Waals surface area contributed by atoms with E-state index in [1.807, 2.05) is 0 Å². The second kappa shape index (κ2) is 8.30. The molecule has 0 spiro atoms. The zero-order valence-electron chi connectivity index (χ0n) is 14.1. The number of benzene rings is 2. The predicted octanol–water partition coefficient (Wildman–Crippen LogP) is 3.11. The van der Waals surface area contributed by atoms with Crippen LogP contribution in [-0.2, 0) is 9.53 Å². The summed E-state index contributed by atoms with van der Waals surface area (Å²) in [6.45, 7) is -0.541. The normalized spacial score (nSPS) is 10.1. The zero-order valence-corrected chi connectivity index (χ0v) is 14.8. The number of nitro benzene ring substituents is 1. The van der Waals surface area contributed by atoms with Crippen LogP contribution in [0.4, 0.5) is 17.1 Å². The van der Waals surface area contributed by atoms with Gasteiger partial charge in [0.15, 0.2) is 6.61 Å². The van der Waals surface area contributed by atoms with E-state index in [2.05, 4.69) is 5.32 Å². The van der Waals surface area contributed by atoms with Crippen molar-refractivity contribution in [3.63, 3.8) is 0 Å². The van der Waals surface area contributed by atoms with Gasteiger partial charge in [-0.25, -0.2) is 4.79 Å². The number of esters is 1. The third-order valence-corrected chi connectivity index (χ3v) is 3.57. The van der Waals surface area contributed by atoms with Crippen LogP contribution in [0.25, 0.3) is 0 Å². The quantitative estimate of drug-likeness (QED) is 0.471. The summed E-state index contributed by atoms with van der Waals surface area (Å²) in [7, 11) is 3.37. The Hall–Kier alpha value is -3.13. The van der Waals surface area contributed by atoms with Crippen molar-refractivity contribution in [3.05, 3.63) is 63.2 Å². The minimum absolute atomic E-state index is 0.000226. The molecule has 136 valence electrons. The van der Waals surface area contributed by atoms with Crippen LogP contribution in [0.3, 0.4) is 0 Å². The minimum atomic E-state index is -0.835. The van der Waals surface area contributed by atoms with Gasteiger partial charge in [-0.2, -0.15) is 0 Å². The molecule has 26 heavy (non-hydrogen) atoms. The summed E-state index contributed by atoms with van der Waals surface area (Å²) in [4.78, 5) is 36.1. The maximum atomic E-state index is 12.3. The first-order chi connectivity index (χ1) is 12.3. The third-order valence-electron chi connectivity index (χ3n) is 3.34. The summed E-state index contributed by atoms with van der Waals surface area (Å²) in [5, 5.41) is 13.9. The molecule has 0 atom stereocenters. The van der Waals surface area contributed by atoms with Gasteiger partial charge in [-0.1, -0.05) is 17.7 Å². The van der Waals surface area contributed by atoms with E-state index in [9.17, 15) is 19.7 Å². The Morgan fingerprint density at radius 2 is 1.96 bits per heavy atom. The predicted molar refractivity (Wildman–Crippen MR) is 97.8 cm³/mol. The molecule has 0 unspecified atom stereocenters. The molecule has 0 aliphatic heterocycles. The van der Waals surface area contributed by atoms with Crippen LogP contribution in [0.15, 0.2) is 42.5 Å². The Balaban J connectivity index is 2.08. The lowest BCUT2D eigenvalue weighted by atomic mass is 10.1. The summed E-state index contributed by atoms with van der Waals surface area (Å²) >= 11 is 5.83. The highest BCUT2D eigenvalue weighted by atomic mass is 35.5. The SMILES string of the molecule is CN(C)c1ccc([N+](=O)[O-])cc1C(=O)OCC(=O)Nc1cccc(Cl)c1. The lowest BCUT2D eigenvalue weighted by Crippen LogP contribution is -2.22. The molecule has 1 N–H and O–H groups in total. The molecule has 0 bridgehead atoms. The fourth-order valence-corrected chi connectivity index (χ4v) is 2.35. The van der Waals surface area contributed by atoms with E-state index in [1.165, 1.54) is 12.1 Å². The molecule has 0 heterocycles. The van der Waals surface area contributed by atoms with Gasteiger partial charge in [-0.15, -0.1) is 0 Å². The van der Waals surface area contributed by atoms with Gasteiger partial charge in [0.1, 0.15) is 0 Å². The van der Waals surface area contributed by atoms with E-state index in [4.69, 9.17) is 16.3 Å². The second-order valence-corrected chi connectivity index (χ2v) is 5.92.